The van der Waals surface area contributed by atoms with Gasteiger partial charge in [-0.25, -0.2) is 4.79 Å². The first kappa shape index (κ1) is 11.9. The summed E-state index contributed by atoms with van der Waals surface area (Å²) in [6.45, 7) is 0. The first-order valence-corrected chi connectivity index (χ1v) is 5.32. The molecule has 0 amide bonds. The third kappa shape index (κ3) is 2.74. The largest absolute Gasteiger partial charge is 0.508 e. The van der Waals surface area contributed by atoms with Crippen LogP contribution in [0, 0.1) is 0 Å². The lowest BCUT2D eigenvalue weighted by atomic mass is 10.0. The number of nitrogens with zero attached hydrogens (tertiary/aromatic N) is 1. The SMILES string of the molecule is O=C(O)/C(=C\c1ccccn1)c1cccc(O)c1. The third-order valence-electron chi connectivity index (χ3n) is 2.37. The van der Waals surface area contributed by atoms with Crippen molar-refractivity contribution in [2.24, 2.45) is 0 Å². The van der Waals surface area contributed by atoms with Gasteiger partial charge in [-0.3, -0.25) is 4.98 Å². The number of carboxylic acids is 1. The van der Waals surface area contributed by atoms with Crippen molar-refractivity contribution in [1.29, 1.82) is 0 Å². The summed E-state index contributed by atoms with van der Waals surface area (Å²) < 4.78 is 0. The van der Waals surface area contributed by atoms with Crippen LogP contribution in [0.5, 0.6) is 5.75 Å². The molecule has 2 N–H and O–H groups in total. The van der Waals surface area contributed by atoms with Gasteiger partial charge in [0, 0.05) is 6.20 Å². The highest BCUT2D eigenvalue weighted by atomic mass is 16.4. The number of aliphatic carboxylic acids is 1. The van der Waals surface area contributed by atoms with Crippen molar-refractivity contribution in [1.82, 2.24) is 4.98 Å². The number of rotatable bonds is 3. The zero-order chi connectivity index (χ0) is 13.0. The molecule has 1 aromatic heterocycles. The molecule has 0 aliphatic heterocycles. The lowest BCUT2D eigenvalue weighted by Crippen LogP contribution is -1.99. The molecule has 1 aromatic carbocycles. The van der Waals surface area contributed by atoms with E-state index in [0.717, 1.165) is 0 Å². The number of aromatic nitrogens is 1. The van der Waals surface area contributed by atoms with Crippen LogP contribution >= 0.6 is 0 Å². The molecule has 0 radical (unpaired) electrons. The molecule has 18 heavy (non-hydrogen) atoms. The Hall–Kier alpha value is -2.62. The van der Waals surface area contributed by atoms with E-state index in [0.29, 0.717) is 11.3 Å². The van der Waals surface area contributed by atoms with E-state index in [-0.39, 0.29) is 11.3 Å². The van der Waals surface area contributed by atoms with Gasteiger partial charge in [0.25, 0.3) is 0 Å². The fourth-order valence-corrected chi connectivity index (χ4v) is 1.55. The summed E-state index contributed by atoms with van der Waals surface area (Å²) >= 11 is 0. The molecular weight excluding hydrogens is 230 g/mol. The second kappa shape index (κ2) is 5.14. The van der Waals surface area contributed by atoms with Crippen molar-refractivity contribution < 1.29 is 15.0 Å². The lowest BCUT2D eigenvalue weighted by molar-refractivity contribution is -0.130. The topological polar surface area (TPSA) is 70.4 Å². The normalized spacial score (nSPS) is 11.2. The zero-order valence-electron chi connectivity index (χ0n) is 9.45. The number of phenolic OH excluding ortho intramolecular Hbond substituents is 1. The van der Waals surface area contributed by atoms with E-state index in [1.54, 1.807) is 36.5 Å². The Kier molecular flexibility index (Phi) is 3.38. The van der Waals surface area contributed by atoms with Gasteiger partial charge in [-0.2, -0.15) is 0 Å². The van der Waals surface area contributed by atoms with Gasteiger partial charge in [0.15, 0.2) is 0 Å². The number of phenols is 1. The summed E-state index contributed by atoms with van der Waals surface area (Å²) in [6.07, 6.45) is 3.06. The molecular formula is C14H11NO3. The Morgan fingerprint density at radius 1 is 1.17 bits per heavy atom. The Morgan fingerprint density at radius 2 is 2.00 bits per heavy atom. The lowest BCUT2D eigenvalue weighted by Gasteiger charge is -2.03. The third-order valence-corrected chi connectivity index (χ3v) is 2.37. The summed E-state index contributed by atoms with van der Waals surface area (Å²) in [5.41, 5.74) is 1.08. The second-order valence-electron chi connectivity index (χ2n) is 3.67. The average molecular weight is 241 g/mol. The maximum atomic E-state index is 11.2. The molecule has 90 valence electrons. The Bertz CT molecular complexity index is 591. The highest BCUT2D eigenvalue weighted by Gasteiger charge is 2.11. The Labute approximate surface area is 104 Å². The van der Waals surface area contributed by atoms with Gasteiger partial charge in [-0.1, -0.05) is 18.2 Å². The van der Waals surface area contributed by atoms with Crippen LogP contribution < -0.4 is 0 Å². The maximum Gasteiger partial charge on any atom is 0.336 e. The molecule has 1 heterocycles. The van der Waals surface area contributed by atoms with Crippen LogP contribution in [0.4, 0.5) is 0 Å². The standard InChI is InChI=1S/C14H11NO3/c16-12-6-3-4-10(8-12)13(14(17)18)9-11-5-1-2-7-15-11/h1-9,16H,(H,17,18)/b13-9-. The van der Waals surface area contributed by atoms with Crippen molar-refractivity contribution in [2.45, 2.75) is 0 Å². The highest BCUT2D eigenvalue weighted by Crippen LogP contribution is 2.21. The monoisotopic (exact) mass is 241 g/mol. The van der Waals surface area contributed by atoms with Crippen LogP contribution in [-0.4, -0.2) is 21.2 Å². The van der Waals surface area contributed by atoms with Crippen LogP contribution in [-0.2, 0) is 4.79 Å². The fraction of sp³-hybridized carbons (Fsp3) is 0. The first-order chi connectivity index (χ1) is 8.66. The molecule has 0 aliphatic rings. The van der Waals surface area contributed by atoms with Gasteiger partial charge in [0.05, 0.1) is 11.3 Å². The van der Waals surface area contributed by atoms with Crippen LogP contribution in [0.1, 0.15) is 11.3 Å². The average Bonchev–Trinajstić information content (AvgIpc) is 2.37. The van der Waals surface area contributed by atoms with Crippen LogP contribution in [0.2, 0.25) is 0 Å². The number of pyridine rings is 1. The second-order valence-corrected chi connectivity index (χ2v) is 3.67. The fourth-order valence-electron chi connectivity index (χ4n) is 1.55. The molecule has 0 atom stereocenters. The van der Waals surface area contributed by atoms with E-state index in [1.165, 1.54) is 18.2 Å². The number of aromatic hydroxyl groups is 1. The highest BCUT2D eigenvalue weighted by molar-refractivity contribution is 6.20. The van der Waals surface area contributed by atoms with Crippen molar-refractivity contribution in [3.8, 4) is 5.75 Å². The summed E-state index contributed by atoms with van der Waals surface area (Å²) in [4.78, 5) is 15.3. The summed E-state index contributed by atoms with van der Waals surface area (Å²) in [5, 5.41) is 18.6. The van der Waals surface area contributed by atoms with Gasteiger partial charge in [-0.05, 0) is 35.9 Å². The quantitative estimate of drug-likeness (QED) is 0.809. The van der Waals surface area contributed by atoms with Crippen molar-refractivity contribution in [3.63, 3.8) is 0 Å². The van der Waals surface area contributed by atoms with E-state index in [2.05, 4.69) is 4.98 Å². The van der Waals surface area contributed by atoms with Crippen molar-refractivity contribution >= 4 is 17.6 Å². The minimum Gasteiger partial charge on any atom is -0.508 e. The maximum absolute atomic E-state index is 11.2. The molecule has 4 nitrogen and oxygen atoms in total. The molecule has 0 spiro atoms. The first-order valence-electron chi connectivity index (χ1n) is 5.32. The van der Waals surface area contributed by atoms with Crippen LogP contribution in [0.3, 0.4) is 0 Å². The number of hydrogen-bond donors (Lipinski definition) is 2. The zero-order valence-corrected chi connectivity index (χ0v) is 9.45. The van der Waals surface area contributed by atoms with E-state index >= 15 is 0 Å². The molecule has 0 saturated heterocycles. The van der Waals surface area contributed by atoms with Gasteiger partial charge >= 0.3 is 5.97 Å². The van der Waals surface area contributed by atoms with E-state index < -0.39 is 5.97 Å². The minimum absolute atomic E-state index is 0.0284. The van der Waals surface area contributed by atoms with Gasteiger partial charge in [0.2, 0.25) is 0 Å². The molecule has 2 rings (SSSR count). The van der Waals surface area contributed by atoms with Crippen molar-refractivity contribution in [2.75, 3.05) is 0 Å². The molecule has 0 fully saturated rings. The molecule has 0 aliphatic carbocycles. The molecule has 0 saturated carbocycles. The van der Waals surface area contributed by atoms with Gasteiger partial charge < -0.3 is 10.2 Å². The molecule has 2 aromatic rings. The number of carbonyl (C=O) groups is 1. The van der Waals surface area contributed by atoms with Crippen LogP contribution in [0.25, 0.3) is 11.6 Å². The van der Waals surface area contributed by atoms with Crippen LogP contribution in [0.15, 0.2) is 48.7 Å². The van der Waals surface area contributed by atoms with Gasteiger partial charge in [0.1, 0.15) is 5.75 Å². The molecule has 0 unspecified atom stereocenters. The van der Waals surface area contributed by atoms with E-state index in [1.807, 2.05) is 0 Å². The predicted molar refractivity (Wildman–Crippen MR) is 67.9 cm³/mol. The number of hydrogen-bond acceptors (Lipinski definition) is 3. The minimum atomic E-state index is -1.06. The number of carboxylic acid groups (broad SMARTS) is 1. The van der Waals surface area contributed by atoms with Gasteiger partial charge in [-0.15, -0.1) is 0 Å². The summed E-state index contributed by atoms with van der Waals surface area (Å²) in [5.74, 6) is -1.04. The smallest absolute Gasteiger partial charge is 0.336 e. The summed E-state index contributed by atoms with van der Waals surface area (Å²) in [7, 11) is 0. The van der Waals surface area contributed by atoms with E-state index in [9.17, 15) is 15.0 Å². The molecule has 4 heteroatoms. The summed E-state index contributed by atoms with van der Waals surface area (Å²) in [6, 6.07) is 11.4. The number of benzene rings is 1. The van der Waals surface area contributed by atoms with Crippen molar-refractivity contribution in [3.05, 3.63) is 59.9 Å². The molecule has 0 bridgehead atoms. The predicted octanol–water partition coefficient (Wildman–Crippen LogP) is 2.41. The Morgan fingerprint density at radius 3 is 2.61 bits per heavy atom. The Balaban J connectivity index is 2.47. The van der Waals surface area contributed by atoms with E-state index in [4.69, 9.17) is 0 Å².